The molecule has 4 nitrogen and oxygen atoms in total. The summed E-state index contributed by atoms with van der Waals surface area (Å²) in [6.45, 7) is 5.00. The van der Waals surface area contributed by atoms with Gasteiger partial charge in [0.25, 0.3) is 0 Å². The van der Waals surface area contributed by atoms with Crippen LogP contribution in [0, 0.1) is 5.92 Å². The minimum absolute atomic E-state index is 0.105. The number of carbonyl (C=O) groups is 2. The molecule has 0 aromatic heterocycles. The van der Waals surface area contributed by atoms with Gasteiger partial charge >= 0.3 is 5.97 Å². The van der Waals surface area contributed by atoms with Crippen LogP contribution in [-0.4, -0.2) is 37.0 Å². The number of amides is 1. The zero-order chi connectivity index (χ0) is 17.9. The predicted octanol–water partition coefficient (Wildman–Crippen LogP) is 4.10. The number of nitrogens with zero attached hydrogens (tertiary/aromatic N) is 1. The van der Waals surface area contributed by atoms with Crippen molar-refractivity contribution in [1.82, 2.24) is 4.90 Å². The van der Waals surface area contributed by atoms with Crippen LogP contribution in [0.4, 0.5) is 0 Å². The zero-order valence-electron chi connectivity index (χ0n) is 14.9. The molecule has 0 saturated carbocycles. The summed E-state index contributed by atoms with van der Waals surface area (Å²) in [5.74, 6) is -0.467. The van der Waals surface area contributed by atoms with Crippen molar-refractivity contribution in [3.63, 3.8) is 0 Å². The average Bonchev–Trinajstić information content (AvgIpc) is 2.59. The van der Waals surface area contributed by atoms with Crippen molar-refractivity contribution >= 4 is 23.5 Å². The molecule has 0 fully saturated rings. The van der Waals surface area contributed by atoms with E-state index in [-0.39, 0.29) is 17.8 Å². The number of benzene rings is 1. The Bertz CT molecular complexity index is 516. The standard InChI is InChI=1S/C19H28ClNO3/c1-4-5-13-21(14-15(2)19(23)24-3)18(22)8-6-7-16-9-11-17(20)12-10-16/h9-12,15H,4-8,13-14H2,1-3H3. The van der Waals surface area contributed by atoms with Gasteiger partial charge in [0, 0.05) is 24.5 Å². The van der Waals surface area contributed by atoms with Crippen molar-refractivity contribution in [1.29, 1.82) is 0 Å². The van der Waals surface area contributed by atoms with Crippen LogP contribution in [0.5, 0.6) is 0 Å². The topological polar surface area (TPSA) is 46.6 Å². The Morgan fingerprint density at radius 3 is 2.46 bits per heavy atom. The molecular formula is C19H28ClNO3. The second kappa shape index (κ2) is 11.1. The predicted molar refractivity (Wildman–Crippen MR) is 97.1 cm³/mol. The Labute approximate surface area is 150 Å². The molecule has 1 unspecified atom stereocenters. The number of esters is 1. The van der Waals surface area contributed by atoms with Gasteiger partial charge in [-0.05, 0) is 37.0 Å². The van der Waals surface area contributed by atoms with Gasteiger partial charge in [0.2, 0.25) is 5.91 Å². The van der Waals surface area contributed by atoms with E-state index in [4.69, 9.17) is 16.3 Å². The van der Waals surface area contributed by atoms with Crippen molar-refractivity contribution in [3.05, 3.63) is 34.9 Å². The maximum Gasteiger partial charge on any atom is 0.310 e. The summed E-state index contributed by atoms with van der Waals surface area (Å²) in [4.78, 5) is 25.9. The van der Waals surface area contributed by atoms with Gasteiger partial charge in [-0.15, -0.1) is 0 Å². The molecule has 134 valence electrons. The molecule has 5 heteroatoms. The lowest BCUT2D eigenvalue weighted by molar-refractivity contribution is -0.146. The summed E-state index contributed by atoms with van der Waals surface area (Å²) >= 11 is 5.87. The largest absolute Gasteiger partial charge is 0.469 e. The molecule has 0 saturated heterocycles. The molecule has 0 aliphatic carbocycles. The molecule has 0 bridgehead atoms. The number of unbranched alkanes of at least 4 members (excludes halogenated alkanes) is 1. The molecule has 0 heterocycles. The fraction of sp³-hybridized carbons (Fsp3) is 0.579. The molecule has 0 spiro atoms. The van der Waals surface area contributed by atoms with E-state index in [1.54, 1.807) is 11.8 Å². The summed E-state index contributed by atoms with van der Waals surface area (Å²) in [7, 11) is 1.38. The van der Waals surface area contributed by atoms with Crippen molar-refractivity contribution < 1.29 is 14.3 Å². The summed E-state index contributed by atoms with van der Waals surface area (Å²) in [6, 6.07) is 7.70. The molecule has 1 rings (SSSR count). The highest BCUT2D eigenvalue weighted by atomic mass is 35.5. The lowest BCUT2D eigenvalue weighted by Crippen LogP contribution is -2.37. The molecular weight excluding hydrogens is 326 g/mol. The van der Waals surface area contributed by atoms with E-state index in [1.807, 2.05) is 24.3 Å². The van der Waals surface area contributed by atoms with Gasteiger partial charge < -0.3 is 9.64 Å². The molecule has 0 radical (unpaired) electrons. The smallest absolute Gasteiger partial charge is 0.310 e. The first-order valence-corrected chi connectivity index (χ1v) is 8.95. The van der Waals surface area contributed by atoms with E-state index in [0.29, 0.717) is 19.5 Å². The highest BCUT2D eigenvalue weighted by Gasteiger charge is 2.20. The fourth-order valence-corrected chi connectivity index (χ4v) is 2.65. The van der Waals surface area contributed by atoms with Gasteiger partial charge in [0.15, 0.2) is 0 Å². The van der Waals surface area contributed by atoms with Gasteiger partial charge in [-0.2, -0.15) is 0 Å². The van der Waals surface area contributed by atoms with Crippen molar-refractivity contribution in [2.75, 3.05) is 20.2 Å². The molecule has 0 N–H and O–H groups in total. The van der Waals surface area contributed by atoms with Crippen LogP contribution >= 0.6 is 11.6 Å². The monoisotopic (exact) mass is 353 g/mol. The fourth-order valence-electron chi connectivity index (χ4n) is 2.53. The number of methoxy groups -OCH3 is 1. The second-order valence-electron chi connectivity index (χ2n) is 6.10. The number of carbonyl (C=O) groups excluding carboxylic acids is 2. The van der Waals surface area contributed by atoms with Crippen LogP contribution < -0.4 is 0 Å². The van der Waals surface area contributed by atoms with Gasteiger partial charge in [-0.3, -0.25) is 9.59 Å². The van der Waals surface area contributed by atoms with Crippen molar-refractivity contribution in [2.45, 2.75) is 46.0 Å². The molecule has 1 atom stereocenters. The van der Waals surface area contributed by atoms with Crippen LogP contribution in [-0.2, 0) is 20.7 Å². The van der Waals surface area contributed by atoms with Crippen LogP contribution in [0.25, 0.3) is 0 Å². The number of halogens is 1. The summed E-state index contributed by atoms with van der Waals surface area (Å²) in [5.41, 5.74) is 1.18. The van der Waals surface area contributed by atoms with Gasteiger partial charge in [0.05, 0.1) is 13.0 Å². The SMILES string of the molecule is CCCCN(CC(C)C(=O)OC)C(=O)CCCc1ccc(Cl)cc1. The maximum absolute atomic E-state index is 12.5. The van der Waals surface area contributed by atoms with Crippen molar-refractivity contribution in [2.24, 2.45) is 5.92 Å². The van der Waals surface area contributed by atoms with Gasteiger partial charge in [-0.25, -0.2) is 0 Å². The molecule has 0 aliphatic heterocycles. The first-order chi connectivity index (χ1) is 11.5. The lowest BCUT2D eigenvalue weighted by atomic mass is 10.1. The molecule has 0 aliphatic rings. The Kier molecular flexibility index (Phi) is 9.46. The number of hydrogen-bond acceptors (Lipinski definition) is 3. The Morgan fingerprint density at radius 1 is 1.21 bits per heavy atom. The lowest BCUT2D eigenvalue weighted by Gasteiger charge is -2.25. The van der Waals surface area contributed by atoms with Crippen LogP contribution in [0.2, 0.25) is 5.02 Å². The minimum Gasteiger partial charge on any atom is -0.469 e. The third-order valence-corrected chi connectivity index (χ3v) is 4.25. The summed E-state index contributed by atoms with van der Waals surface area (Å²) in [5, 5.41) is 0.720. The van der Waals surface area contributed by atoms with E-state index < -0.39 is 0 Å². The number of rotatable bonds is 10. The molecule has 1 aromatic carbocycles. The first-order valence-electron chi connectivity index (χ1n) is 8.58. The van der Waals surface area contributed by atoms with Crippen LogP contribution in [0.15, 0.2) is 24.3 Å². The van der Waals surface area contributed by atoms with Gasteiger partial charge in [-0.1, -0.05) is 44.0 Å². The Hall–Kier alpha value is -1.55. The van der Waals surface area contributed by atoms with Crippen LogP contribution in [0.3, 0.4) is 0 Å². The minimum atomic E-state index is -0.299. The Balaban J connectivity index is 2.50. The third-order valence-electron chi connectivity index (χ3n) is 4.00. The van der Waals surface area contributed by atoms with E-state index in [1.165, 1.54) is 12.7 Å². The summed E-state index contributed by atoms with van der Waals surface area (Å²) in [6.07, 6.45) is 4.07. The third kappa shape index (κ3) is 7.35. The number of aryl methyl sites for hydroxylation is 1. The number of ether oxygens (including phenoxy) is 1. The quantitative estimate of drug-likeness (QED) is 0.595. The molecule has 24 heavy (non-hydrogen) atoms. The molecule has 1 aromatic rings. The van der Waals surface area contributed by atoms with Crippen molar-refractivity contribution in [3.8, 4) is 0 Å². The van der Waals surface area contributed by atoms with E-state index in [0.717, 1.165) is 30.7 Å². The summed E-state index contributed by atoms with van der Waals surface area (Å²) < 4.78 is 4.76. The van der Waals surface area contributed by atoms with Crippen LogP contribution in [0.1, 0.15) is 45.1 Å². The highest BCUT2D eigenvalue weighted by Crippen LogP contribution is 2.13. The average molecular weight is 354 g/mol. The van der Waals surface area contributed by atoms with E-state index in [2.05, 4.69) is 6.92 Å². The second-order valence-corrected chi connectivity index (χ2v) is 6.53. The van der Waals surface area contributed by atoms with Gasteiger partial charge in [0.1, 0.15) is 0 Å². The molecule has 1 amide bonds. The zero-order valence-corrected chi connectivity index (χ0v) is 15.6. The Morgan fingerprint density at radius 2 is 1.88 bits per heavy atom. The normalized spacial score (nSPS) is 11.8. The van der Waals surface area contributed by atoms with E-state index in [9.17, 15) is 9.59 Å². The maximum atomic E-state index is 12.5. The number of hydrogen-bond donors (Lipinski definition) is 0. The highest BCUT2D eigenvalue weighted by molar-refractivity contribution is 6.30. The first kappa shape index (κ1) is 20.5. The van der Waals surface area contributed by atoms with E-state index >= 15 is 0 Å².